The minimum atomic E-state index is -3.87. The number of aryl methyl sites for hydroxylation is 1. The molecule has 0 aliphatic heterocycles. The number of nitrogens with zero attached hydrogens (tertiary/aromatic N) is 1. The van der Waals surface area contributed by atoms with Crippen molar-refractivity contribution >= 4 is 21.6 Å². The highest BCUT2D eigenvalue weighted by Crippen LogP contribution is 2.26. The van der Waals surface area contributed by atoms with Gasteiger partial charge in [0.2, 0.25) is 5.91 Å². The van der Waals surface area contributed by atoms with Crippen LogP contribution in [-0.2, 0) is 14.8 Å². The van der Waals surface area contributed by atoms with Crippen molar-refractivity contribution in [3.63, 3.8) is 0 Å². The van der Waals surface area contributed by atoms with Crippen LogP contribution in [0, 0.1) is 12.8 Å². The van der Waals surface area contributed by atoms with Crippen LogP contribution < -0.4 is 9.62 Å². The summed E-state index contributed by atoms with van der Waals surface area (Å²) in [4.78, 5) is 12.6. The highest BCUT2D eigenvalue weighted by atomic mass is 32.2. The number of amides is 1. The minimum Gasteiger partial charge on any atom is -0.354 e. The first-order valence-corrected chi connectivity index (χ1v) is 11.0. The molecule has 2 rings (SSSR count). The SMILES string of the molecule is Cc1ccc(S(=O)(=O)N(CC(=O)NCC(C)C)c2ccc(C(C)C)cc2)cc1. The second-order valence-corrected chi connectivity index (χ2v) is 9.63. The smallest absolute Gasteiger partial charge is 0.264 e. The van der Waals surface area contributed by atoms with Crippen LogP contribution in [0.4, 0.5) is 5.69 Å². The lowest BCUT2D eigenvalue weighted by atomic mass is 10.0. The first kappa shape index (κ1) is 22.0. The summed E-state index contributed by atoms with van der Waals surface area (Å²) in [6, 6.07) is 14.0. The van der Waals surface area contributed by atoms with E-state index in [9.17, 15) is 13.2 Å². The first-order valence-electron chi connectivity index (χ1n) is 9.57. The van der Waals surface area contributed by atoms with Crippen LogP contribution in [0.1, 0.15) is 44.7 Å². The van der Waals surface area contributed by atoms with Crippen molar-refractivity contribution in [2.45, 2.75) is 45.4 Å². The molecule has 28 heavy (non-hydrogen) atoms. The Morgan fingerprint density at radius 2 is 1.54 bits per heavy atom. The molecule has 5 nitrogen and oxygen atoms in total. The summed E-state index contributed by atoms with van der Waals surface area (Å²) in [6.45, 7) is 10.3. The van der Waals surface area contributed by atoms with E-state index in [0.717, 1.165) is 11.1 Å². The van der Waals surface area contributed by atoms with Crippen molar-refractivity contribution in [1.29, 1.82) is 0 Å². The van der Waals surface area contributed by atoms with Gasteiger partial charge in [-0.2, -0.15) is 0 Å². The minimum absolute atomic E-state index is 0.169. The van der Waals surface area contributed by atoms with Crippen molar-refractivity contribution in [2.75, 3.05) is 17.4 Å². The van der Waals surface area contributed by atoms with Crippen molar-refractivity contribution in [2.24, 2.45) is 5.92 Å². The number of rotatable bonds is 8. The maximum absolute atomic E-state index is 13.3. The van der Waals surface area contributed by atoms with Crippen LogP contribution >= 0.6 is 0 Å². The molecule has 0 radical (unpaired) electrons. The molecule has 1 amide bonds. The second kappa shape index (κ2) is 9.24. The fourth-order valence-electron chi connectivity index (χ4n) is 2.68. The van der Waals surface area contributed by atoms with E-state index in [1.165, 1.54) is 4.31 Å². The molecule has 0 fully saturated rings. The van der Waals surface area contributed by atoms with Gasteiger partial charge in [-0.1, -0.05) is 57.5 Å². The van der Waals surface area contributed by atoms with Crippen LogP contribution in [0.25, 0.3) is 0 Å². The first-order chi connectivity index (χ1) is 13.1. The predicted molar refractivity (Wildman–Crippen MR) is 114 cm³/mol. The molecule has 0 atom stereocenters. The zero-order valence-corrected chi connectivity index (χ0v) is 18.1. The van der Waals surface area contributed by atoms with E-state index >= 15 is 0 Å². The lowest BCUT2D eigenvalue weighted by Crippen LogP contribution is -2.41. The van der Waals surface area contributed by atoms with Gasteiger partial charge in [0.25, 0.3) is 10.0 Å². The van der Waals surface area contributed by atoms with Gasteiger partial charge in [0.05, 0.1) is 10.6 Å². The van der Waals surface area contributed by atoms with Crippen LogP contribution in [0.2, 0.25) is 0 Å². The van der Waals surface area contributed by atoms with Gasteiger partial charge in [-0.15, -0.1) is 0 Å². The topological polar surface area (TPSA) is 66.5 Å². The fourth-order valence-corrected chi connectivity index (χ4v) is 4.10. The van der Waals surface area contributed by atoms with E-state index in [1.807, 2.05) is 32.9 Å². The third-order valence-electron chi connectivity index (χ3n) is 4.45. The van der Waals surface area contributed by atoms with Crippen LogP contribution in [0.3, 0.4) is 0 Å². The average Bonchev–Trinajstić information content (AvgIpc) is 2.64. The Bertz CT molecular complexity index is 886. The van der Waals surface area contributed by atoms with E-state index in [-0.39, 0.29) is 23.3 Å². The summed E-state index contributed by atoms with van der Waals surface area (Å²) in [6.07, 6.45) is 0. The molecular weight excluding hydrogens is 372 g/mol. The molecule has 2 aromatic carbocycles. The van der Waals surface area contributed by atoms with Crippen molar-refractivity contribution in [3.8, 4) is 0 Å². The Labute approximate surface area is 168 Å². The molecule has 0 bridgehead atoms. The molecule has 0 spiro atoms. The summed E-state index contributed by atoms with van der Waals surface area (Å²) in [5.41, 5.74) is 2.56. The highest BCUT2D eigenvalue weighted by Gasteiger charge is 2.27. The summed E-state index contributed by atoms with van der Waals surface area (Å²) in [5.74, 6) is 0.305. The normalized spacial score (nSPS) is 11.7. The van der Waals surface area contributed by atoms with Gasteiger partial charge in [0, 0.05) is 6.54 Å². The number of hydrogen-bond donors (Lipinski definition) is 1. The number of nitrogens with one attached hydrogen (secondary N) is 1. The monoisotopic (exact) mass is 402 g/mol. The zero-order chi connectivity index (χ0) is 20.9. The molecule has 0 saturated carbocycles. The van der Waals surface area contributed by atoms with Gasteiger partial charge in [0.1, 0.15) is 6.54 Å². The Morgan fingerprint density at radius 3 is 2.04 bits per heavy atom. The Hall–Kier alpha value is -2.34. The zero-order valence-electron chi connectivity index (χ0n) is 17.3. The molecule has 0 aromatic heterocycles. The van der Waals surface area contributed by atoms with E-state index < -0.39 is 10.0 Å². The molecule has 2 aromatic rings. The number of anilines is 1. The lowest BCUT2D eigenvalue weighted by Gasteiger charge is -2.25. The summed E-state index contributed by atoms with van der Waals surface area (Å²) < 4.78 is 27.7. The Balaban J connectivity index is 2.40. The van der Waals surface area contributed by atoms with Gasteiger partial charge in [-0.25, -0.2) is 8.42 Å². The summed E-state index contributed by atoms with van der Waals surface area (Å²) in [7, 11) is -3.87. The Kier molecular flexibility index (Phi) is 7.24. The van der Waals surface area contributed by atoms with Crippen molar-refractivity contribution in [3.05, 3.63) is 59.7 Å². The predicted octanol–water partition coefficient (Wildman–Crippen LogP) is 4.09. The molecule has 0 unspecified atom stereocenters. The van der Waals surface area contributed by atoms with Gasteiger partial charge in [-0.3, -0.25) is 9.10 Å². The van der Waals surface area contributed by atoms with Crippen molar-refractivity contribution in [1.82, 2.24) is 5.32 Å². The van der Waals surface area contributed by atoms with Gasteiger partial charge < -0.3 is 5.32 Å². The number of hydrogen-bond acceptors (Lipinski definition) is 3. The van der Waals surface area contributed by atoms with Crippen molar-refractivity contribution < 1.29 is 13.2 Å². The molecule has 0 aliphatic rings. The number of carbonyl (C=O) groups excluding carboxylic acids is 1. The molecule has 0 heterocycles. The molecule has 6 heteroatoms. The third-order valence-corrected chi connectivity index (χ3v) is 6.24. The number of benzene rings is 2. The second-order valence-electron chi connectivity index (χ2n) is 7.77. The van der Waals surface area contributed by atoms with E-state index in [0.29, 0.717) is 18.2 Å². The molecule has 1 N–H and O–H groups in total. The molecule has 0 saturated heterocycles. The van der Waals surface area contributed by atoms with Crippen LogP contribution in [-0.4, -0.2) is 27.4 Å². The van der Waals surface area contributed by atoms with E-state index in [2.05, 4.69) is 19.2 Å². The fraction of sp³-hybridized carbons (Fsp3) is 0.409. The largest absolute Gasteiger partial charge is 0.354 e. The molecular formula is C22H30N2O3S. The number of carbonyl (C=O) groups is 1. The molecule has 0 aliphatic carbocycles. The highest BCUT2D eigenvalue weighted by molar-refractivity contribution is 7.92. The van der Waals surface area contributed by atoms with Gasteiger partial charge in [-0.05, 0) is 48.6 Å². The quantitative estimate of drug-likeness (QED) is 0.723. The van der Waals surface area contributed by atoms with Crippen LogP contribution in [0.5, 0.6) is 0 Å². The standard InChI is InChI=1S/C22H30N2O3S/c1-16(2)14-23-22(25)15-24(20-10-8-19(9-11-20)17(3)4)28(26,27)21-12-6-18(5)7-13-21/h6-13,16-17H,14-15H2,1-5H3,(H,23,25). The lowest BCUT2D eigenvalue weighted by molar-refractivity contribution is -0.119. The maximum atomic E-state index is 13.3. The van der Waals surface area contributed by atoms with Gasteiger partial charge in [0.15, 0.2) is 0 Å². The third kappa shape index (κ3) is 5.58. The summed E-state index contributed by atoms with van der Waals surface area (Å²) >= 11 is 0. The maximum Gasteiger partial charge on any atom is 0.264 e. The molecule has 152 valence electrons. The van der Waals surface area contributed by atoms with E-state index in [1.54, 1.807) is 36.4 Å². The Morgan fingerprint density at radius 1 is 0.964 bits per heavy atom. The van der Waals surface area contributed by atoms with Gasteiger partial charge >= 0.3 is 0 Å². The number of sulfonamides is 1. The average molecular weight is 403 g/mol. The summed E-state index contributed by atoms with van der Waals surface area (Å²) in [5, 5.41) is 2.80. The van der Waals surface area contributed by atoms with E-state index in [4.69, 9.17) is 0 Å². The van der Waals surface area contributed by atoms with Crippen LogP contribution in [0.15, 0.2) is 53.4 Å².